The van der Waals surface area contributed by atoms with Crippen molar-refractivity contribution in [3.8, 4) is 0 Å². The smallest absolute Gasteiger partial charge is 0.171 e. The fourth-order valence-electron chi connectivity index (χ4n) is 1.36. The monoisotopic (exact) mass is 282 g/mol. The van der Waals surface area contributed by atoms with Crippen LogP contribution in [0, 0.1) is 5.82 Å². The minimum Gasteiger partial charge on any atom is -0.348 e. The fourth-order valence-corrected chi connectivity index (χ4v) is 1.85. The van der Waals surface area contributed by atoms with Gasteiger partial charge in [0, 0.05) is 18.0 Å². The number of nitrogens with one attached hydrogen (secondary N) is 1. The second-order valence-electron chi connectivity index (χ2n) is 3.24. The number of hydrogen-bond donors (Lipinski definition) is 1. The highest BCUT2D eigenvalue weighted by atomic mass is 79.9. The van der Waals surface area contributed by atoms with E-state index in [-0.39, 0.29) is 16.7 Å². The number of rotatable bonds is 3. The maximum absolute atomic E-state index is 13.2. The molecule has 0 atom stereocenters. The van der Waals surface area contributed by atoms with Crippen molar-refractivity contribution in [1.29, 1.82) is 0 Å². The number of aromatic nitrogens is 2. The second-order valence-corrected chi connectivity index (χ2v) is 4.03. The van der Waals surface area contributed by atoms with Crippen molar-refractivity contribution in [2.75, 3.05) is 0 Å². The van der Waals surface area contributed by atoms with Crippen LogP contribution in [0.1, 0.15) is 16.2 Å². The van der Waals surface area contributed by atoms with E-state index in [4.69, 9.17) is 0 Å². The number of nitrogens with zero attached hydrogens (tertiary/aromatic N) is 1. The predicted octanol–water partition coefficient (Wildman–Crippen LogP) is 2.74. The normalized spacial score (nSPS) is 10.4. The lowest BCUT2D eigenvalue weighted by Gasteiger charge is -2.02. The lowest BCUT2D eigenvalue weighted by Crippen LogP contribution is -2.06. The third-order valence-electron chi connectivity index (χ3n) is 2.13. The molecule has 0 aliphatic rings. The molecule has 0 saturated heterocycles. The Morgan fingerprint density at radius 3 is 3.00 bits per heavy atom. The van der Waals surface area contributed by atoms with Crippen LogP contribution in [0.4, 0.5) is 4.39 Å². The van der Waals surface area contributed by atoms with Crippen LogP contribution >= 0.6 is 15.9 Å². The van der Waals surface area contributed by atoms with Gasteiger partial charge in [-0.15, -0.1) is 0 Å². The van der Waals surface area contributed by atoms with Gasteiger partial charge in [-0.25, -0.2) is 9.37 Å². The van der Waals surface area contributed by atoms with Crippen molar-refractivity contribution in [1.82, 2.24) is 9.97 Å². The molecule has 1 aromatic heterocycles. The van der Waals surface area contributed by atoms with E-state index in [0.717, 1.165) is 0 Å². The van der Waals surface area contributed by atoms with Crippen LogP contribution in [-0.4, -0.2) is 15.8 Å². The van der Waals surface area contributed by atoms with Gasteiger partial charge in [-0.3, -0.25) is 4.79 Å². The molecule has 1 heterocycles. The van der Waals surface area contributed by atoms with Gasteiger partial charge in [0.2, 0.25) is 0 Å². The Morgan fingerprint density at radius 2 is 2.31 bits per heavy atom. The summed E-state index contributed by atoms with van der Waals surface area (Å²) >= 11 is 3.06. The minimum atomic E-state index is -0.440. The first-order valence-corrected chi connectivity index (χ1v) is 5.43. The number of halogens is 2. The van der Waals surface area contributed by atoms with Crippen LogP contribution in [0.25, 0.3) is 0 Å². The molecular formula is C11H8BrFN2O. The molecule has 0 spiro atoms. The second kappa shape index (κ2) is 4.57. The van der Waals surface area contributed by atoms with Crippen molar-refractivity contribution < 1.29 is 9.18 Å². The molecule has 1 aromatic carbocycles. The van der Waals surface area contributed by atoms with E-state index in [0.29, 0.717) is 11.4 Å². The average molecular weight is 283 g/mol. The topological polar surface area (TPSA) is 45.8 Å². The number of H-pyrrole nitrogens is 1. The maximum atomic E-state index is 13.2. The number of carbonyl (C=O) groups is 1. The highest BCUT2D eigenvalue weighted by Gasteiger charge is 2.14. The Hall–Kier alpha value is -1.49. The zero-order valence-electron chi connectivity index (χ0n) is 8.21. The van der Waals surface area contributed by atoms with E-state index in [1.165, 1.54) is 12.1 Å². The quantitative estimate of drug-likeness (QED) is 0.880. The molecule has 1 N–H and O–H groups in total. The van der Waals surface area contributed by atoms with Gasteiger partial charge >= 0.3 is 0 Å². The van der Waals surface area contributed by atoms with Gasteiger partial charge in [0.05, 0.1) is 10.9 Å². The van der Waals surface area contributed by atoms with Crippen molar-refractivity contribution in [2.45, 2.75) is 6.42 Å². The van der Waals surface area contributed by atoms with Gasteiger partial charge in [-0.1, -0.05) is 12.1 Å². The molecule has 16 heavy (non-hydrogen) atoms. The summed E-state index contributed by atoms with van der Waals surface area (Å²) in [5, 5.41) is 0. The Labute approximate surface area is 99.8 Å². The van der Waals surface area contributed by atoms with Crippen molar-refractivity contribution in [3.05, 3.63) is 52.3 Å². The third-order valence-corrected chi connectivity index (χ3v) is 2.94. The van der Waals surface area contributed by atoms with Crippen LogP contribution in [0.15, 0.2) is 35.1 Å². The first-order valence-electron chi connectivity index (χ1n) is 4.64. The SMILES string of the molecule is O=C(Cc1ncc[nH]1)c1cccc(F)c1Br. The number of Topliss-reactive ketones (excluding diaryl/α,β-unsaturated/α-hetero) is 1. The molecule has 0 bridgehead atoms. The summed E-state index contributed by atoms with van der Waals surface area (Å²) in [5.74, 6) is -0.0484. The lowest BCUT2D eigenvalue weighted by atomic mass is 10.1. The molecule has 82 valence electrons. The van der Waals surface area contributed by atoms with Gasteiger partial charge in [0.25, 0.3) is 0 Å². The van der Waals surface area contributed by atoms with Crippen LogP contribution in [0.5, 0.6) is 0 Å². The van der Waals surface area contributed by atoms with Crippen molar-refractivity contribution in [3.63, 3.8) is 0 Å². The number of carbonyl (C=O) groups excluding carboxylic acids is 1. The van der Waals surface area contributed by atoms with E-state index in [1.807, 2.05) is 0 Å². The minimum absolute atomic E-state index is 0.134. The predicted molar refractivity (Wildman–Crippen MR) is 60.7 cm³/mol. The van der Waals surface area contributed by atoms with Gasteiger partial charge in [0.15, 0.2) is 5.78 Å². The molecule has 0 aliphatic heterocycles. The Balaban J connectivity index is 2.24. The summed E-state index contributed by atoms with van der Waals surface area (Å²) in [6.45, 7) is 0. The van der Waals surface area contributed by atoms with Crippen LogP contribution < -0.4 is 0 Å². The lowest BCUT2D eigenvalue weighted by molar-refractivity contribution is 0.0990. The van der Waals surface area contributed by atoms with E-state index in [9.17, 15) is 9.18 Å². The first kappa shape index (κ1) is 11.0. The highest BCUT2D eigenvalue weighted by Crippen LogP contribution is 2.21. The summed E-state index contributed by atoms with van der Waals surface area (Å²) in [7, 11) is 0. The van der Waals surface area contributed by atoms with E-state index >= 15 is 0 Å². The molecule has 2 rings (SSSR count). The summed E-state index contributed by atoms with van der Waals surface area (Å²) < 4.78 is 13.4. The van der Waals surface area contributed by atoms with Gasteiger partial charge in [0.1, 0.15) is 11.6 Å². The number of aromatic amines is 1. The number of hydrogen-bond acceptors (Lipinski definition) is 2. The Kier molecular flexibility index (Phi) is 3.14. The molecule has 2 aromatic rings. The number of imidazole rings is 1. The van der Waals surface area contributed by atoms with Gasteiger partial charge < -0.3 is 4.98 Å². The van der Waals surface area contributed by atoms with E-state index in [1.54, 1.807) is 18.5 Å². The molecule has 0 aliphatic carbocycles. The van der Waals surface area contributed by atoms with Crippen molar-refractivity contribution >= 4 is 21.7 Å². The molecule has 0 saturated carbocycles. The zero-order chi connectivity index (χ0) is 11.5. The zero-order valence-corrected chi connectivity index (χ0v) is 9.79. The van der Waals surface area contributed by atoms with Crippen LogP contribution in [0.2, 0.25) is 0 Å². The van der Waals surface area contributed by atoms with Gasteiger partial charge in [-0.05, 0) is 22.0 Å². The average Bonchev–Trinajstić information content (AvgIpc) is 2.74. The highest BCUT2D eigenvalue weighted by molar-refractivity contribution is 9.10. The maximum Gasteiger partial charge on any atom is 0.171 e. The standard InChI is InChI=1S/C11H8BrFN2O/c12-11-7(2-1-3-8(11)13)9(16)6-10-14-4-5-15-10/h1-5H,6H2,(H,14,15). The molecule has 0 fully saturated rings. The van der Waals surface area contributed by atoms with Crippen LogP contribution in [0.3, 0.4) is 0 Å². The molecule has 0 amide bonds. The third kappa shape index (κ3) is 2.19. The van der Waals surface area contributed by atoms with Gasteiger partial charge in [-0.2, -0.15) is 0 Å². The van der Waals surface area contributed by atoms with E-state index in [2.05, 4.69) is 25.9 Å². The summed E-state index contributed by atoms with van der Waals surface area (Å²) in [6.07, 6.45) is 3.35. The molecular weight excluding hydrogens is 275 g/mol. The number of ketones is 1. The summed E-state index contributed by atoms with van der Waals surface area (Å²) in [6, 6.07) is 4.39. The van der Waals surface area contributed by atoms with Crippen molar-refractivity contribution in [2.24, 2.45) is 0 Å². The molecule has 0 unspecified atom stereocenters. The summed E-state index contributed by atoms with van der Waals surface area (Å²) in [4.78, 5) is 18.6. The fraction of sp³-hybridized carbons (Fsp3) is 0.0909. The largest absolute Gasteiger partial charge is 0.348 e. The van der Waals surface area contributed by atoms with Crippen LogP contribution in [-0.2, 0) is 6.42 Å². The Morgan fingerprint density at radius 1 is 1.50 bits per heavy atom. The summed E-state index contributed by atoms with van der Waals surface area (Å²) in [5.41, 5.74) is 0.330. The molecule has 0 radical (unpaired) electrons. The first-order chi connectivity index (χ1) is 7.68. The molecule has 5 heteroatoms. The van der Waals surface area contributed by atoms with E-state index < -0.39 is 5.82 Å². The Bertz CT molecular complexity index is 511. The number of benzene rings is 1. The molecule has 3 nitrogen and oxygen atoms in total.